The van der Waals surface area contributed by atoms with Crippen molar-refractivity contribution >= 4 is 17.5 Å². The average molecular weight is 324 g/mol. The zero-order chi connectivity index (χ0) is 15.7. The van der Waals surface area contributed by atoms with E-state index >= 15 is 0 Å². The molecule has 0 spiro atoms. The summed E-state index contributed by atoms with van der Waals surface area (Å²) in [7, 11) is 0. The van der Waals surface area contributed by atoms with Crippen LogP contribution in [0.1, 0.15) is 28.4 Å². The molecule has 1 atom stereocenters. The predicted octanol–water partition coefficient (Wildman–Crippen LogP) is 3.87. The average Bonchev–Trinajstić information content (AvgIpc) is 2.51. The van der Waals surface area contributed by atoms with Gasteiger partial charge < -0.3 is 10.1 Å². The van der Waals surface area contributed by atoms with Gasteiger partial charge in [0.15, 0.2) is 11.6 Å². The first kappa shape index (κ1) is 14.8. The molecule has 2 aromatic rings. The van der Waals surface area contributed by atoms with Gasteiger partial charge in [0.05, 0.1) is 23.2 Å². The monoisotopic (exact) mass is 323 g/mol. The molecule has 1 N–H and O–H groups in total. The molecule has 1 aliphatic heterocycles. The number of ether oxygens (including phenoxy) is 1. The van der Waals surface area contributed by atoms with Gasteiger partial charge in [0.1, 0.15) is 5.75 Å². The van der Waals surface area contributed by atoms with Gasteiger partial charge in [-0.2, -0.15) is 0 Å². The Bertz CT molecular complexity index is 736. The number of hydrogen-bond acceptors (Lipinski definition) is 2. The second kappa shape index (κ2) is 5.93. The quantitative estimate of drug-likeness (QED) is 0.852. The van der Waals surface area contributed by atoms with E-state index in [-0.39, 0.29) is 16.6 Å². The number of para-hydroxylation sites is 1. The van der Waals surface area contributed by atoms with E-state index in [1.807, 2.05) is 24.3 Å². The minimum atomic E-state index is -1.11. The number of carbonyl (C=O) groups is 1. The topological polar surface area (TPSA) is 38.3 Å². The van der Waals surface area contributed by atoms with E-state index in [4.69, 9.17) is 16.3 Å². The first-order chi connectivity index (χ1) is 10.6. The summed E-state index contributed by atoms with van der Waals surface area (Å²) in [5.41, 5.74) is 0.755. The van der Waals surface area contributed by atoms with Gasteiger partial charge in [0, 0.05) is 12.0 Å². The van der Waals surface area contributed by atoms with Crippen molar-refractivity contribution in [2.45, 2.75) is 12.5 Å². The first-order valence-corrected chi connectivity index (χ1v) is 7.11. The number of halogens is 3. The molecule has 1 amide bonds. The van der Waals surface area contributed by atoms with Gasteiger partial charge in [-0.1, -0.05) is 29.8 Å². The highest BCUT2D eigenvalue weighted by Crippen LogP contribution is 2.32. The molecule has 0 bridgehead atoms. The summed E-state index contributed by atoms with van der Waals surface area (Å²) < 4.78 is 31.9. The number of benzene rings is 2. The fourth-order valence-electron chi connectivity index (χ4n) is 2.42. The number of rotatable bonds is 2. The van der Waals surface area contributed by atoms with Crippen molar-refractivity contribution < 1.29 is 18.3 Å². The lowest BCUT2D eigenvalue weighted by Gasteiger charge is -2.26. The van der Waals surface area contributed by atoms with E-state index in [2.05, 4.69) is 5.32 Å². The van der Waals surface area contributed by atoms with E-state index in [0.29, 0.717) is 18.8 Å². The summed E-state index contributed by atoms with van der Waals surface area (Å²) in [4.78, 5) is 12.3. The third-order valence-electron chi connectivity index (χ3n) is 3.52. The van der Waals surface area contributed by atoms with Crippen molar-refractivity contribution in [1.82, 2.24) is 5.32 Å². The highest BCUT2D eigenvalue weighted by Gasteiger charge is 2.24. The predicted molar refractivity (Wildman–Crippen MR) is 78.1 cm³/mol. The second-order valence-corrected chi connectivity index (χ2v) is 5.35. The molecule has 1 aliphatic rings. The van der Waals surface area contributed by atoms with Gasteiger partial charge >= 0.3 is 0 Å². The SMILES string of the molecule is O=C(N[C@H]1CCOc2ccccc21)c1cc(F)c(F)cc1Cl. The van der Waals surface area contributed by atoms with Crippen molar-refractivity contribution in [3.05, 3.63) is 64.2 Å². The van der Waals surface area contributed by atoms with E-state index in [1.165, 1.54) is 0 Å². The Balaban J connectivity index is 1.85. The van der Waals surface area contributed by atoms with E-state index in [0.717, 1.165) is 17.7 Å². The van der Waals surface area contributed by atoms with Crippen LogP contribution in [0.3, 0.4) is 0 Å². The normalized spacial score (nSPS) is 16.6. The van der Waals surface area contributed by atoms with Crippen LogP contribution in [0.4, 0.5) is 8.78 Å². The largest absolute Gasteiger partial charge is 0.493 e. The Labute approximate surface area is 130 Å². The highest BCUT2D eigenvalue weighted by molar-refractivity contribution is 6.33. The molecular formula is C16H12ClF2NO2. The van der Waals surface area contributed by atoms with Gasteiger partial charge in [-0.15, -0.1) is 0 Å². The third kappa shape index (κ3) is 2.76. The molecule has 1 heterocycles. The summed E-state index contributed by atoms with van der Waals surface area (Å²) in [6, 6.07) is 8.69. The van der Waals surface area contributed by atoms with Crippen molar-refractivity contribution in [3.63, 3.8) is 0 Å². The Morgan fingerprint density at radius 1 is 1.23 bits per heavy atom. The van der Waals surface area contributed by atoms with Crippen molar-refractivity contribution in [3.8, 4) is 5.75 Å². The van der Waals surface area contributed by atoms with Crippen LogP contribution in [0.5, 0.6) is 5.75 Å². The van der Waals surface area contributed by atoms with Crippen LogP contribution in [-0.4, -0.2) is 12.5 Å². The number of nitrogens with one attached hydrogen (secondary N) is 1. The minimum absolute atomic E-state index is 0.0930. The fourth-order valence-corrected chi connectivity index (χ4v) is 2.66. The molecule has 22 heavy (non-hydrogen) atoms. The minimum Gasteiger partial charge on any atom is -0.493 e. The molecule has 0 unspecified atom stereocenters. The van der Waals surface area contributed by atoms with Crippen LogP contribution in [-0.2, 0) is 0 Å². The molecule has 114 valence electrons. The van der Waals surface area contributed by atoms with Crippen LogP contribution in [0.2, 0.25) is 5.02 Å². The molecule has 6 heteroatoms. The van der Waals surface area contributed by atoms with Gasteiger partial charge in [-0.3, -0.25) is 4.79 Å². The lowest BCUT2D eigenvalue weighted by Crippen LogP contribution is -2.32. The molecule has 0 aromatic heterocycles. The molecule has 2 aromatic carbocycles. The van der Waals surface area contributed by atoms with Crippen molar-refractivity contribution in [1.29, 1.82) is 0 Å². The van der Waals surface area contributed by atoms with Gasteiger partial charge in [0.2, 0.25) is 0 Å². The summed E-state index contributed by atoms with van der Waals surface area (Å²) in [5.74, 6) is -2.04. The molecule has 3 nitrogen and oxygen atoms in total. The standard InChI is InChI=1S/C16H12ClF2NO2/c17-11-8-13(19)12(18)7-10(11)16(21)20-14-5-6-22-15-4-2-1-3-9(14)15/h1-4,7-8,14H,5-6H2,(H,20,21)/t14-/m0/s1. The van der Waals surface area contributed by atoms with Gasteiger partial charge in [0.25, 0.3) is 5.91 Å². The van der Waals surface area contributed by atoms with Crippen LogP contribution in [0.25, 0.3) is 0 Å². The van der Waals surface area contributed by atoms with Crippen LogP contribution in [0.15, 0.2) is 36.4 Å². The van der Waals surface area contributed by atoms with Gasteiger partial charge in [-0.05, 0) is 18.2 Å². The number of hydrogen-bond donors (Lipinski definition) is 1. The fraction of sp³-hybridized carbons (Fsp3) is 0.188. The maximum absolute atomic E-state index is 13.3. The van der Waals surface area contributed by atoms with Gasteiger partial charge in [-0.25, -0.2) is 8.78 Å². The van der Waals surface area contributed by atoms with Crippen LogP contribution in [0, 0.1) is 11.6 Å². The molecule has 0 fully saturated rings. The summed E-state index contributed by atoms with van der Waals surface area (Å²) >= 11 is 5.82. The van der Waals surface area contributed by atoms with E-state index in [9.17, 15) is 13.6 Å². The lowest BCUT2D eigenvalue weighted by atomic mass is 10.00. The molecule has 0 aliphatic carbocycles. The van der Waals surface area contributed by atoms with Crippen LogP contribution >= 0.6 is 11.6 Å². The molecule has 0 saturated heterocycles. The van der Waals surface area contributed by atoms with E-state index < -0.39 is 17.5 Å². The summed E-state index contributed by atoms with van der Waals surface area (Å²) in [6.45, 7) is 0.466. The molecule has 3 rings (SSSR count). The number of fused-ring (bicyclic) bond motifs is 1. The number of amides is 1. The lowest BCUT2D eigenvalue weighted by molar-refractivity contribution is 0.0924. The summed E-state index contributed by atoms with van der Waals surface area (Å²) in [6.07, 6.45) is 0.587. The Morgan fingerprint density at radius 2 is 1.95 bits per heavy atom. The maximum Gasteiger partial charge on any atom is 0.253 e. The zero-order valence-electron chi connectivity index (χ0n) is 11.4. The Kier molecular flexibility index (Phi) is 3.98. The Hall–Kier alpha value is -2.14. The molecule has 0 saturated carbocycles. The molecular weight excluding hydrogens is 312 g/mol. The number of carbonyl (C=O) groups excluding carboxylic acids is 1. The van der Waals surface area contributed by atoms with Crippen molar-refractivity contribution in [2.24, 2.45) is 0 Å². The Morgan fingerprint density at radius 3 is 2.77 bits per heavy atom. The zero-order valence-corrected chi connectivity index (χ0v) is 12.2. The maximum atomic E-state index is 13.3. The second-order valence-electron chi connectivity index (χ2n) is 4.95. The smallest absolute Gasteiger partial charge is 0.253 e. The third-order valence-corrected chi connectivity index (χ3v) is 3.83. The highest BCUT2D eigenvalue weighted by atomic mass is 35.5. The van der Waals surface area contributed by atoms with E-state index in [1.54, 1.807) is 0 Å². The molecule has 0 radical (unpaired) electrons. The van der Waals surface area contributed by atoms with Crippen molar-refractivity contribution in [2.75, 3.05) is 6.61 Å². The van der Waals surface area contributed by atoms with Crippen LogP contribution < -0.4 is 10.1 Å². The summed E-state index contributed by atoms with van der Waals surface area (Å²) in [5, 5.41) is 2.66. The first-order valence-electron chi connectivity index (χ1n) is 6.73.